The van der Waals surface area contributed by atoms with E-state index >= 15 is 0 Å². The Labute approximate surface area is 302 Å². The van der Waals surface area contributed by atoms with Gasteiger partial charge in [0.1, 0.15) is 0 Å². The average Bonchev–Trinajstić information content (AvgIpc) is 3.57. The predicted octanol–water partition coefficient (Wildman–Crippen LogP) is 12.3. The SMILES string of the molecule is CN1C=CC(C2=CC3=C(CC2)c2cc(-c4ccc(C5=CC=C(N(c6ccccc6)c6ccc(-c7ccccc7)cc6)CC5)cc4)ccc2C3)=CC1. The fraction of sp³-hybridized carbons (Fsp3) is 0.143. The molecule has 0 fully saturated rings. The van der Waals surface area contributed by atoms with Gasteiger partial charge in [-0.2, -0.15) is 0 Å². The first-order valence-electron chi connectivity index (χ1n) is 18.3. The van der Waals surface area contributed by atoms with Crippen LogP contribution in [0.1, 0.15) is 42.4 Å². The Kier molecular flexibility index (Phi) is 8.22. The molecule has 9 rings (SSSR count). The normalized spacial score (nSPS) is 16.5. The van der Waals surface area contributed by atoms with E-state index in [1.165, 1.54) is 78.3 Å². The van der Waals surface area contributed by atoms with Crippen LogP contribution in [-0.4, -0.2) is 18.5 Å². The molecule has 248 valence electrons. The Morgan fingerprint density at radius 3 is 1.94 bits per heavy atom. The molecule has 0 saturated carbocycles. The van der Waals surface area contributed by atoms with Crippen molar-refractivity contribution in [1.29, 1.82) is 0 Å². The van der Waals surface area contributed by atoms with Crippen molar-refractivity contribution in [3.05, 3.63) is 203 Å². The number of likely N-dealkylation sites (N-methyl/N-ethyl adjacent to an activating group) is 1. The van der Waals surface area contributed by atoms with Crippen LogP contribution in [0.25, 0.3) is 33.4 Å². The summed E-state index contributed by atoms with van der Waals surface area (Å²) in [7, 11) is 2.13. The Bertz CT molecular complexity index is 2280. The molecule has 2 nitrogen and oxygen atoms in total. The molecule has 5 aromatic rings. The number of rotatable bonds is 7. The molecule has 0 unspecified atom stereocenters. The van der Waals surface area contributed by atoms with E-state index in [-0.39, 0.29) is 0 Å². The third-order valence-electron chi connectivity index (χ3n) is 10.9. The lowest BCUT2D eigenvalue weighted by Gasteiger charge is -2.30. The van der Waals surface area contributed by atoms with Gasteiger partial charge in [0, 0.05) is 30.7 Å². The highest BCUT2D eigenvalue weighted by Crippen LogP contribution is 2.44. The summed E-state index contributed by atoms with van der Waals surface area (Å²) in [5.41, 5.74) is 20.3. The lowest BCUT2D eigenvalue weighted by atomic mass is 9.87. The highest BCUT2D eigenvalue weighted by Gasteiger charge is 2.25. The highest BCUT2D eigenvalue weighted by atomic mass is 15.1. The summed E-state index contributed by atoms with van der Waals surface area (Å²) in [4.78, 5) is 4.63. The van der Waals surface area contributed by atoms with Crippen molar-refractivity contribution in [2.45, 2.75) is 32.1 Å². The van der Waals surface area contributed by atoms with E-state index in [0.29, 0.717) is 0 Å². The molecular formula is C49H42N2. The topological polar surface area (TPSA) is 6.48 Å². The third-order valence-corrected chi connectivity index (χ3v) is 10.9. The van der Waals surface area contributed by atoms with Gasteiger partial charge in [-0.05, 0) is 148 Å². The van der Waals surface area contributed by atoms with Gasteiger partial charge in [-0.3, -0.25) is 0 Å². The van der Waals surface area contributed by atoms with Crippen LogP contribution in [0.5, 0.6) is 0 Å². The summed E-state index contributed by atoms with van der Waals surface area (Å²) in [6.45, 7) is 0.990. The second kappa shape index (κ2) is 13.5. The van der Waals surface area contributed by atoms with Gasteiger partial charge >= 0.3 is 0 Å². The summed E-state index contributed by atoms with van der Waals surface area (Å²) in [5.74, 6) is 0. The van der Waals surface area contributed by atoms with E-state index in [4.69, 9.17) is 0 Å². The van der Waals surface area contributed by atoms with Crippen LogP contribution >= 0.6 is 0 Å². The van der Waals surface area contributed by atoms with Gasteiger partial charge in [0.05, 0.1) is 0 Å². The number of nitrogens with zero attached hydrogens (tertiary/aromatic N) is 2. The lowest BCUT2D eigenvalue weighted by Crippen LogP contribution is -2.17. The second-order valence-corrected chi connectivity index (χ2v) is 14.1. The van der Waals surface area contributed by atoms with Crippen LogP contribution in [-0.2, 0) is 6.42 Å². The third kappa shape index (κ3) is 6.23. The zero-order valence-corrected chi connectivity index (χ0v) is 29.2. The molecule has 0 saturated heterocycles. The first-order valence-corrected chi connectivity index (χ1v) is 18.3. The first-order chi connectivity index (χ1) is 25.2. The van der Waals surface area contributed by atoms with E-state index in [1.54, 1.807) is 5.57 Å². The van der Waals surface area contributed by atoms with Crippen molar-refractivity contribution in [3.8, 4) is 22.3 Å². The summed E-state index contributed by atoms with van der Waals surface area (Å²) < 4.78 is 0. The van der Waals surface area contributed by atoms with Crippen molar-refractivity contribution in [2.24, 2.45) is 0 Å². The van der Waals surface area contributed by atoms with Gasteiger partial charge in [-0.1, -0.05) is 115 Å². The molecule has 1 heterocycles. The monoisotopic (exact) mass is 658 g/mol. The van der Waals surface area contributed by atoms with Crippen molar-refractivity contribution >= 4 is 22.5 Å². The number of hydrogen-bond donors (Lipinski definition) is 0. The Morgan fingerprint density at radius 2 is 1.22 bits per heavy atom. The standard InChI is InChI=1S/C49H42N2/c1-50-30-28-40(29-31-50)41-22-27-48-44(32-41)33-43-17-16-42(34-49(43)48)39-14-12-36(13-15-39)38-20-25-47(26-21-38)51(45-10-6-3-7-11-45)46-23-18-37(19-24-46)35-8-4-2-5-9-35/h2-20,23-25,28-30,32,34H,21-22,26-27,31,33H2,1H3. The molecule has 51 heavy (non-hydrogen) atoms. The number of para-hydroxylation sites is 1. The molecule has 0 bridgehead atoms. The predicted molar refractivity (Wildman–Crippen MR) is 215 cm³/mol. The molecule has 0 atom stereocenters. The maximum atomic E-state index is 2.48. The number of hydrogen-bond acceptors (Lipinski definition) is 2. The Hall–Kier alpha value is -5.86. The number of allylic oxidation sites excluding steroid dienone is 10. The summed E-state index contributed by atoms with van der Waals surface area (Å²) in [6.07, 6.45) is 19.2. The molecule has 1 aliphatic heterocycles. The molecule has 4 aliphatic rings. The number of anilines is 2. The van der Waals surface area contributed by atoms with Gasteiger partial charge in [-0.15, -0.1) is 0 Å². The Morgan fingerprint density at radius 1 is 0.569 bits per heavy atom. The minimum Gasteiger partial charge on any atom is -0.377 e. The molecule has 3 aliphatic carbocycles. The largest absolute Gasteiger partial charge is 0.377 e. The zero-order chi connectivity index (χ0) is 34.1. The maximum Gasteiger partial charge on any atom is 0.0458 e. The molecule has 0 radical (unpaired) electrons. The van der Waals surface area contributed by atoms with Crippen LogP contribution in [0.2, 0.25) is 0 Å². The van der Waals surface area contributed by atoms with Crippen LogP contribution in [0, 0.1) is 0 Å². The van der Waals surface area contributed by atoms with E-state index in [2.05, 4.69) is 181 Å². The van der Waals surface area contributed by atoms with Crippen molar-refractivity contribution in [3.63, 3.8) is 0 Å². The quantitative estimate of drug-likeness (QED) is 0.172. The van der Waals surface area contributed by atoms with Gasteiger partial charge in [-0.25, -0.2) is 0 Å². The average molecular weight is 659 g/mol. The van der Waals surface area contributed by atoms with Gasteiger partial charge in [0.15, 0.2) is 0 Å². The number of benzene rings is 5. The molecule has 0 amide bonds. The van der Waals surface area contributed by atoms with Crippen LogP contribution in [0.3, 0.4) is 0 Å². The van der Waals surface area contributed by atoms with Crippen LogP contribution < -0.4 is 4.90 Å². The second-order valence-electron chi connectivity index (χ2n) is 14.1. The fourth-order valence-corrected chi connectivity index (χ4v) is 8.12. The van der Waals surface area contributed by atoms with Gasteiger partial charge < -0.3 is 9.80 Å². The molecule has 0 aromatic heterocycles. The van der Waals surface area contributed by atoms with E-state index in [1.807, 2.05) is 0 Å². The van der Waals surface area contributed by atoms with Crippen molar-refractivity contribution in [2.75, 3.05) is 18.5 Å². The fourth-order valence-electron chi connectivity index (χ4n) is 8.12. The minimum absolute atomic E-state index is 0.978. The zero-order valence-electron chi connectivity index (χ0n) is 29.2. The van der Waals surface area contributed by atoms with Crippen LogP contribution in [0.4, 0.5) is 11.4 Å². The Balaban J connectivity index is 0.944. The summed E-state index contributed by atoms with van der Waals surface area (Å²) in [6, 6.07) is 46.7. The minimum atomic E-state index is 0.978. The van der Waals surface area contributed by atoms with E-state index in [0.717, 1.165) is 38.6 Å². The smallest absolute Gasteiger partial charge is 0.0458 e. The molecule has 0 spiro atoms. The van der Waals surface area contributed by atoms with Crippen molar-refractivity contribution < 1.29 is 0 Å². The van der Waals surface area contributed by atoms with Gasteiger partial charge in [0.25, 0.3) is 0 Å². The van der Waals surface area contributed by atoms with Crippen molar-refractivity contribution in [1.82, 2.24) is 4.90 Å². The molecule has 2 heteroatoms. The maximum absolute atomic E-state index is 2.48. The highest BCUT2D eigenvalue weighted by molar-refractivity contribution is 5.84. The van der Waals surface area contributed by atoms with E-state index in [9.17, 15) is 0 Å². The molecule has 0 N–H and O–H groups in total. The number of fused-ring (bicyclic) bond motifs is 2. The van der Waals surface area contributed by atoms with Gasteiger partial charge in [0.2, 0.25) is 0 Å². The molecular weight excluding hydrogens is 617 g/mol. The van der Waals surface area contributed by atoms with Crippen LogP contribution in [0.15, 0.2) is 186 Å². The first kappa shape index (κ1) is 31.1. The summed E-state index contributed by atoms with van der Waals surface area (Å²) >= 11 is 0. The molecule has 5 aromatic carbocycles. The van der Waals surface area contributed by atoms with E-state index < -0.39 is 0 Å². The lowest BCUT2D eigenvalue weighted by molar-refractivity contribution is 0.502. The summed E-state index contributed by atoms with van der Waals surface area (Å²) in [5, 5.41) is 0.